The molecule has 4 atom stereocenters. The standard InChI is InChI=1S/C24H22N2O5/c1-26-7-6-23-18-11-3-5-16(27)20(18)31-21(23)19-14(10-24(23,30)17(26)9-11)13-8-12(22(28)29)2-4-15(13)25-19/h2-5,8,17,21,25,27,30H,6-7,9-10H2,1H3,(H,28,29)/t17-,21+,23+,24-/m1/s1. The molecule has 0 amide bonds. The van der Waals surface area contributed by atoms with Crippen LogP contribution in [-0.2, 0) is 18.3 Å². The van der Waals surface area contributed by atoms with Gasteiger partial charge in [0.2, 0.25) is 0 Å². The molecule has 1 aromatic heterocycles. The van der Waals surface area contributed by atoms with Crippen molar-refractivity contribution in [2.24, 2.45) is 0 Å². The first-order valence-corrected chi connectivity index (χ1v) is 10.7. The molecule has 31 heavy (non-hydrogen) atoms. The van der Waals surface area contributed by atoms with Gasteiger partial charge in [-0.25, -0.2) is 4.79 Å². The van der Waals surface area contributed by atoms with E-state index in [1.165, 1.54) is 0 Å². The molecule has 7 heteroatoms. The highest BCUT2D eigenvalue weighted by atomic mass is 16.5. The van der Waals surface area contributed by atoms with E-state index in [1.807, 2.05) is 6.07 Å². The molecule has 0 saturated carbocycles. The number of carboxylic acids is 1. The van der Waals surface area contributed by atoms with E-state index in [0.29, 0.717) is 18.6 Å². The molecule has 7 nitrogen and oxygen atoms in total. The minimum absolute atomic E-state index is 0.0869. The number of likely N-dealkylation sites (N-methyl/N-ethyl adjacent to an activating group) is 1. The molecule has 2 aliphatic heterocycles. The number of piperidine rings is 1. The lowest BCUT2D eigenvalue weighted by atomic mass is 9.49. The number of phenols is 1. The van der Waals surface area contributed by atoms with Crippen LogP contribution in [0.1, 0.15) is 45.3 Å². The Morgan fingerprint density at radius 1 is 1.29 bits per heavy atom. The Balaban J connectivity index is 1.57. The van der Waals surface area contributed by atoms with Crippen LogP contribution in [0.3, 0.4) is 0 Å². The van der Waals surface area contributed by atoms with Gasteiger partial charge in [0, 0.05) is 28.9 Å². The van der Waals surface area contributed by atoms with Gasteiger partial charge in [0.15, 0.2) is 17.6 Å². The number of aromatic nitrogens is 1. The van der Waals surface area contributed by atoms with Crippen LogP contribution in [0.4, 0.5) is 0 Å². The third-order valence-electron chi connectivity index (χ3n) is 8.38. The second-order valence-corrected chi connectivity index (χ2v) is 9.55. The van der Waals surface area contributed by atoms with E-state index < -0.39 is 23.1 Å². The molecule has 1 fully saturated rings. The molecule has 0 radical (unpaired) electrons. The van der Waals surface area contributed by atoms with Crippen LogP contribution in [0.2, 0.25) is 0 Å². The van der Waals surface area contributed by atoms with Gasteiger partial charge in [0.05, 0.1) is 22.3 Å². The van der Waals surface area contributed by atoms with Crippen molar-refractivity contribution in [3.63, 3.8) is 0 Å². The van der Waals surface area contributed by atoms with Crippen LogP contribution in [0, 0.1) is 0 Å². The first-order chi connectivity index (χ1) is 14.8. The van der Waals surface area contributed by atoms with Gasteiger partial charge >= 0.3 is 5.97 Å². The van der Waals surface area contributed by atoms with Crippen LogP contribution in [0.5, 0.6) is 11.5 Å². The van der Waals surface area contributed by atoms with Crippen molar-refractivity contribution in [1.29, 1.82) is 0 Å². The third kappa shape index (κ3) is 1.79. The Labute approximate surface area is 177 Å². The van der Waals surface area contributed by atoms with Gasteiger partial charge in [-0.2, -0.15) is 0 Å². The lowest BCUT2D eigenvalue weighted by Gasteiger charge is -2.62. The Morgan fingerprint density at radius 3 is 2.94 bits per heavy atom. The van der Waals surface area contributed by atoms with Crippen LogP contribution in [0.25, 0.3) is 10.9 Å². The SMILES string of the molecule is CN1CC[C@]23c4c5ccc(O)c4O[C@H]2c2[nH]c4ccc(C(=O)O)cc4c2C[C@@]3(O)[C@H]1C5. The summed E-state index contributed by atoms with van der Waals surface area (Å²) in [7, 11) is 2.06. The first-order valence-electron chi connectivity index (χ1n) is 10.7. The fourth-order valence-electron chi connectivity index (χ4n) is 7.03. The number of aromatic carboxylic acids is 1. The Morgan fingerprint density at radius 2 is 2.13 bits per heavy atom. The monoisotopic (exact) mass is 418 g/mol. The van der Waals surface area contributed by atoms with Crippen molar-refractivity contribution in [2.45, 2.75) is 42.4 Å². The number of likely N-dealkylation sites (tertiary alicyclic amines) is 1. The second kappa shape index (κ2) is 5.23. The fraction of sp³-hybridized carbons (Fsp3) is 0.375. The first kappa shape index (κ1) is 17.6. The summed E-state index contributed by atoms with van der Waals surface area (Å²) in [5.41, 5.74) is 3.21. The quantitative estimate of drug-likeness (QED) is 0.484. The van der Waals surface area contributed by atoms with E-state index in [0.717, 1.165) is 46.3 Å². The maximum absolute atomic E-state index is 12.4. The van der Waals surface area contributed by atoms with E-state index >= 15 is 0 Å². The van der Waals surface area contributed by atoms with Gasteiger partial charge in [-0.05, 0) is 61.8 Å². The molecule has 4 N–H and O–H groups in total. The Bertz CT molecular complexity index is 1330. The predicted octanol–water partition coefficient (Wildman–Crippen LogP) is 2.49. The number of fused-ring (bicyclic) bond motifs is 4. The number of aromatic hydroxyl groups is 1. The molecule has 2 bridgehead atoms. The number of aliphatic hydroxyl groups is 1. The summed E-state index contributed by atoms with van der Waals surface area (Å²) in [4.78, 5) is 17.3. The number of phenolic OH excluding ortho intramolecular Hbond substituents is 1. The lowest BCUT2D eigenvalue weighted by molar-refractivity contribution is -0.167. The zero-order chi connectivity index (χ0) is 21.3. The van der Waals surface area contributed by atoms with Gasteiger partial charge in [-0.3, -0.25) is 0 Å². The smallest absolute Gasteiger partial charge is 0.335 e. The number of hydrogen-bond donors (Lipinski definition) is 4. The highest BCUT2D eigenvalue weighted by molar-refractivity contribution is 5.95. The Kier molecular flexibility index (Phi) is 2.97. The van der Waals surface area contributed by atoms with E-state index in [1.54, 1.807) is 24.3 Å². The number of nitrogens with zero attached hydrogens (tertiary/aromatic N) is 1. The number of nitrogens with one attached hydrogen (secondary N) is 1. The molecule has 3 aromatic rings. The summed E-state index contributed by atoms with van der Waals surface area (Å²) >= 11 is 0. The van der Waals surface area contributed by atoms with Crippen LogP contribution < -0.4 is 4.74 Å². The maximum Gasteiger partial charge on any atom is 0.335 e. The van der Waals surface area contributed by atoms with Crippen molar-refractivity contribution in [3.05, 3.63) is 58.3 Å². The minimum atomic E-state index is -1.09. The van der Waals surface area contributed by atoms with Crippen molar-refractivity contribution >= 4 is 16.9 Å². The summed E-state index contributed by atoms with van der Waals surface area (Å²) in [6.07, 6.45) is 1.36. The molecular weight excluding hydrogens is 396 g/mol. The average Bonchev–Trinajstić information content (AvgIpc) is 3.27. The summed E-state index contributed by atoms with van der Waals surface area (Å²) in [5, 5.41) is 33.4. The Hall–Kier alpha value is -3.03. The molecule has 4 aliphatic rings. The number of rotatable bonds is 1. The van der Waals surface area contributed by atoms with E-state index in [-0.39, 0.29) is 17.4 Å². The minimum Gasteiger partial charge on any atom is -0.504 e. The maximum atomic E-state index is 12.4. The van der Waals surface area contributed by atoms with Gasteiger partial charge in [-0.1, -0.05) is 6.07 Å². The fourth-order valence-corrected chi connectivity index (χ4v) is 7.03. The average molecular weight is 418 g/mol. The number of carboxylic acid groups (broad SMARTS) is 1. The highest BCUT2D eigenvalue weighted by Crippen LogP contribution is 2.68. The molecular formula is C24H22N2O5. The summed E-state index contributed by atoms with van der Waals surface area (Å²) in [6.45, 7) is 0.833. The molecule has 2 aliphatic carbocycles. The van der Waals surface area contributed by atoms with Gasteiger partial charge in [0.1, 0.15) is 0 Å². The predicted molar refractivity (Wildman–Crippen MR) is 112 cm³/mol. The zero-order valence-electron chi connectivity index (χ0n) is 17.0. The van der Waals surface area contributed by atoms with Crippen LogP contribution >= 0.6 is 0 Å². The van der Waals surface area contributed by atoms with Crippen LogP contribution in [-0.4, -0.2) is 56.4 Å². The normalized spacial score (nSPS) is 32.5. The van der Waals surface area contributed by atoms with E-state index in [9.17, 15) is 20.1 Å². The largest absolute Gasteiger partial charge is 0.504 e. The molecule has 2 aromatic carbocycles. The zero-order valence-corrected chi connectivity index (χ0v) is 17.0. The highest BCUT2D eigenvalue weighted by Gasteiger charge is 2.72. The topological polar surface area (TPSA) is 106 Å². The second-order valence-electron chi connectivity index (χ2n) is 9.55. The summed E-state index contributed by atoms with van der Waals surface area (Å²) in [5.74, 6) is -0.383. The van der Waals surface area contributed by atoms with Crippen LogP contribution in [0.15, 0.2) is 30.3 Å². The molecule has 7 rings (SSSR count). The third-order valence-corrected chi connectivity index (χ3v) is 8.38. The molecule has 1 spiro atoms. The summed E-state index contributed by atoms with van der Waals surface area (Å²) < 4.78 is 6.47. The number of carbonyl (C=O) groups is 1. The van der Waals surface area contributed by atoms with Crippen molar-refractivity contribution in [2.75, 3.05) is 13.6 Å². The lowest BCUT2D eigenvalue weighted by Crippen LogP contribution is -2.73. The van der Waals surface area contributed by atoms with Gasteiger partial charge < -0.3 is 29.9 Å². The van der Waals surface area contributed by atoms with Gasteiger partial charge in [0.25, 0.3) is 0 Å². The molecule has 158 valence electrons. The number of H-pyrrole nitrogens is 1. The van der Waals surface area contributed by atoms with E-state index in [2.05, 4.69) is 16.9 Å². The van der Waals surface area contributed by atoms with Crippen molar-refractivity contribution in [1.82, 2.24) is 9.88 Å². The number of benzene rings is 2. The molecule has 1 saturated heterocycles. The van der Waals surface area contributed by atoms with Crippen molar-refractivity contribution in [3.8, 4) is 11.5 Å². The van der Waals surface area contributed by atoms with Crippen molar-refractivity contribution < 1.29 is 24.9 Å². The molecule has 3 heterocycles. The number of hydrogen-bond acceptors (Lipinski definition) is 5. The molecule has 0 unspecified atom stereocenters. The number of ether oxygens (including phenoxy) is 1. The number of aromatic amines is 1. The van der Waals surface area contributed by atoms with E-state index in [4.69, 9.17) is 4.74 Å². The van der Waals surface area contributed by atoms with Gasteiger partial charge in [-0.15, -0.1) is 0 Å². The summed E-state index contributed by atoms with van der Waals surface area (Å²) in [6, 6.07) is 8.62.